The molecule has 0 amide bonds. The third kappa shape index (κ3) is 6.45. The zero-order valence-corrected chi connectivity index (χ0v) is 24.6. The van der Waals surface area contributed by atoms with Crippen LogP contribution >= 0.6 is 22.9 Å². The van der Waals surface area contributed by atoms with Crippen molar-refractivity contribution in [3.8, 4) is 40.3 Å². The van der Waals surface area contributed by atoms with Crippen molar-refractivity contribution in [2.75, 3.05) is 20.3 Å². The van der Waals surface area contributed by atoms with Gasteiger partial charge in [-0.2, -0.15) is 0 Å². The molecule has 1 aliphatic rings. The summed E-state index contributed by atoms with van der Waals surface area (Å²) in [6, 6.07) is 10.5. The van der Waals surface area contributed by atoms with Crippen molar-refractivity contribution in [1.29, 1.82) is 0 Å². The molecule has 4 aromatic rings. The molecule has 1 aliphatic heterocycles. The number of carbonyl (C=O) groups is 1. The second-order valence-corrected chi connectivity index (χ2v) is 11.0. The van der Waals surface area contributed by atoms with Gasteiger partial charge in [0.05, 0.1) is 21.9 Å². The van der Waals surface area contributed by atoms with Crippen LogP contribution in [0.3, 0.4) is 0 Å². The number of carboxylic acid groups (broad SMARTS) is 1. The highest BCUT2D eigenvalue weighted by Gasteiger charge is 2.28. The maximum absolute atomic E-state index is 12.5. The zero-order chi connectivity index (χ0) is 29.6. The number of benzene rings is 2. The Kier molecular flexibility index (Phi) is 9.45. The first-order valence-electron chi connectivity index (χ1n) is 13.4. The summed E-state index contributed by atoms with van der Waals surface area (Å²) < 4.78 is 23.1. The first-order chi connectivity index (χ1) is 20.4. The van der Waals surface area contributed by atoms with Crippen LogP contribution in [-0.2, 0) is 20.7 Å². The minimum Gasteiger partial charge on any atom is -0.506 e. The molecule has 0 bridgehead atoms. The van der Waals surface area contributed by atoms with Crippen LogP contribution in [0.15, 0.2) is 42.7 Å². The molecule has 218 valence electrons. The highest BCUT2D eigenvalue weighted by atomic mass is 35.5. The van der Waals surface area contributed by atoms with Crippen LogP contribution in [0.2, 0.25) is 5.02 Å². The summed E-state index contributed by atoms with van der Waals surface area (Å²) in [6.07, 6.45) is 2.44. The van der Waals surface area contributed by atoms with Crippen molar-refractivity contribution in [2.45, 2.75) is 45.0 Å². The smallest absolute Gasteiger partial charge is 0.345 e. The van der Waals surface area contributed by atoms with Gasteiger partial charge in [0.25, 0.3) is 0 Å². The van der Waals surface area contributed by atoms with Crippen molar-refractivity contribution >= 4 is 39.1 Å². The molecule has 1 fully saturated rings. The molecular formula is C31H29ClN2O7S. The molecule has 9 nitrogen and oxygen atoms in total. The van der Waals surface area contributed by atoms with Gasteiger partial charge in [-0.1, -0.05) is 47.7 Å². The van der Waals surface area contributed by atoms with Gasteiger partial charge in [-0.3, -0.25) is 0 Å². The van der Waals surface area contributed by atoms with Gasteiger partial charge < -0.3 is 29.2 Å². The summed E-state index contributed by atoms with van der Waals surface area (Å²) in [6.45, 7) is 2.63. The maximum atomic E-state index is 12.5. The number of aromatic hydroxyl groups is 1. The van der Waals surface area contributed by atoms with E-state index in [0.29, 0.717) is 49.7 Å². The number of methoxy groups -OCH3 is 1. The Hall–Kier alpha value is -3.88. The molecule has 11 heteroatoms. The van der Waals surface area contributed by atoms with Crippen molar-refractivity contribution in [2.24, 2.45) is 0 Å². The molecule has 0 aliphatic carbocycles. The Balaban J connectivity index is 1.55. The lowest BCUT2D eigenvalue weighted by Gasteiger charge is -2.25. The lowest BCUT2D eigenvalue weighted by molar-refractivity contribution is -0.145. The number of phenols is 1. The van der Waals surface area contributed by atoms with Crippen LogP contribution in [0, 0.1) is 18.8 Å². The van der Waals surface area contributed by atoms with Gasteiger partial charge in [-0.15, -0.1) is 11.3 Å². The predicted octanol–water partition coefficient (Wildman–Crippen LogP) is 6.00. The Morgan fingerprint density at radius 3 is 2.83 bits per heavy atom. The van der Waals surface area contributed by atoms with E-state index < -0.39 is 12.1 Å². The molecule has 0 saturated carbocycles. The number of thiophene rings is 1. The fraction of sp³-hybridized carbons (Fsp3) is 0.323. The number of rotatable bonds is 9. The molecule has 3 heterocycles. The first-order valence-corrected chi connectivity index (χ1v) is 14.6. The molecule has 2 aromatic carbocycles. The number of ether oxygens (including phenoxy) is 4. The predicted molar refractivity (Wildman–Crippen MR) is 159 cm³/mol. The summed E-state index contributed by atoms with van der Waals surface area (Å²) in [4.78, 5) is 22.5. The normalized spacial score (nSPS) is 15.5. The summed E-state index contributed by atoms with van der Waals surface area (Å²) in [7, 11) is 1.55. The molecule has 2 aromatic heterocycles. The van der Waals surface area contributed by atoms with Crippen LogP contribution in [-0.4, -0.2) is 58.9 Å². The summed E-state index contributed by atoms with van der Waals surface area (Å²) in [5.74, 6) is 5.52. The van der Waals surface area contributed by atoms with E-state index in [1.807, 2.05) is 18.2 Å². The van der Waals surface area contributed by atoms with Crippen LogP contribution < -0.4 is 9.47 Å². The van der Waals surface area contributed by atoms with E-state index in [-0.39, 0.29) is 36.0 Å². The second kappa shape index (κ2) is 13.4. The number of carboxylic acids is 1. The number of hydrogen-bond donors (Lipinski definition) is 2. The molecule has 1 saturated heterocycles. The van der Waals surface area contributed by atoms with Gasteiger partial charge in [-0.25, -0.2) is 14.8 Å². The average Bonchev–Trinajstić information content (AvgIpc) is 3.36. The average molecular weight is 609 g/mol. The number of nitrogens with zero attached hydrogens (tertiary/aromatic N) is 2. The fourth-order valence-electron chi connectivity index (χ4n) is 4.72. The van der Waals surface area contributed by atoms with E-state index in [1.54, 1.807) is 26.2 Å². The third-order valence-corrected chi connectivity index (χ3v) is 8.30. The number of fused-ring (bicyclic) bond motifs is 1. The van der Waals surface area contributed by atoms with Gasteiger partial charge >= 0.3 is 5.97 Å². The van der Waals surface area contributed by atoms with Crippen LogP contribution in [0.1, 0.15) is 35.3 Å². The number of hydrogen-bond acceptors (Lipinski definition) is 9. The molecule has 5 rings (SSSR count). The van der Waals surface area contributed by atoms with Gasteiger partial charge in [0, 0.05) is 25.5 Å². The fourth-order valence-corrected chi connectivity index (χ4v) is 5.91. The highest BCUT2D eigenvalue weighted by Crippen LogP contribution is 2.45. The molecule has 2 unspecified atom stereocenters. The SMILES string of the molecule is COCC#Cc1sc2ncnc(OC(Cc3ccccc3OC3CCCCO3)C(=O)O)c2c1-c1ccc(O)c(Cl)c1C. The van der Waals surface area contributed by atoms with Gasteiger partial charge in [0.2, 0.25) is 12.0 Å². The number of halogens is 1. The quantitative estimate of drug-likeness (QED) is 0.220. The molecule has 0 spiro atoms. The Morgan fingerprint density at radius 2 is 2.07 bits per heavy atom. The molecular weight excluding hydrogens is 580 g/mol. The minimum absolute atomic E-state index is 0.0216. The number of aliphatic carboxylic acids is 1. The number of para-hydroxylation sites is 1. The Labute approximate surface area is 252 Å². The lowest BCUT2D eigenvalue weighted by atomic mass is 9.98. The van der Waals surface area contributed by atoms with E-state index in [0.717, 1.165) is 19.3 Å². The van der Waals surface area contributed by atoms with Crippen molar-refractivity contribution in [1.82, 2.24) is 9.97 Å². The standard InChI is InChI=1S/C31H29ClN2O7S/c1-18-20(12-13-21(35)28(18)32)26-24(10-7-14-38-2)42-30-27(26)29(33-17-34-30)41-23(31(36)37)16-19-8-3-4-9-22(19)40-25-11-5-6-15-39-25/h3-4,8-9,12-13,17,23,25,35H,5-6,11,14-16H2,1-2H3,(H,36,37). The van der Waals surface area contributed by atoms with E-state index in [9.17, 15) is 15.0 Å². The highest BCUT2D eigenvalue weighted by molar-refractivity contribution is 7.19. The van der Waals surface area contributed by atoms with E-state index >= 15 is 0 Å². The Morgan fingerprint density at radius 1 is 1.24 bits per heavy atom. The van der Waals surface area contributed by atoms with Crippen LogP contribution in [0.4, 0.5) is 0 Å². The molecule has 42 heavy (non-hydrogen) atoms. The molecule has 0 radical (unpaired) electrons. The van der Waals surface area contributed by atoms with Crippen LogP contribution in [0.5, 0.6) is 17.4 Å². The largest absolute Gasteiger partial charge is 0.506 e. The number of phenolic OH excluding ortho intramolecular Hbond substituents is 1. The number of aromatic nitrogens is 2. The summed E-state index contributed by atoms with van der Waals surface area (Å²) in [5.41, 5.74) is 2.60. The minimum atomic E-state index is -1.29. The van der Waals surface area contributed by atoms with Gasteiger partial charge in [-0.05, 0) is 48.6 Å². The zero-order valence-electron chi connectivity index (χ0n) is 23.1. The third-order valence-electron chi connectivity index (χ3n) is 6.81. The lowest BCUT2D eigenvalue weighted by Crippen LogP contribution is -2.30. The van der Waals surface area contributed by atoms with Crippen molar-refractivity contribution in [3.63, 3.8) is 0 Å². The second-order valence-electron chi connectivity index (χ2n) is 9.64. The van der Waals surface area contributed by atoms with Gasteiger partial charge in [0.1, 0.15) is 29.3 Å². The van der Waals surface area contributed by atoms with Gasteiger partial charge in [0.15, 0.2) is 6.29 Å². The van der Waals surface area contributed by atoms with E-state index in [2.05, 4.69) is 21.8 Å². The Bertz CT molecular complexity index is 1660. The van der Waals surface area contributed by atoms with Crippen molar-refractivity contribution in [3.05, 3.63) is 63.8 Å². The monoisotopic (exact) mass is 608 g/mol. The topological polar surface area (TPSA) is 120 Å². The van der Waals surface area contributed by atoms with Crippen LogP contribution in [0.25, 0.3) is 21.3 Å². The maximum Gasteiger partial charge on any atom is 0.345 e. The first kappa shape index (κ1) is 29.6. The summed E-state index contributed by atoms with van der Waals surface area (Å²) >= 11 is 7.72. The summed E-state index contributed by atoms with van der Waals surface area (Å²) in [5, 5.41) is 21.1. The molecule has 2 N–H and O–H groups in total. The van der Waals surface area contributed by atoms with E-state index in [1.165, 1.54) is 23.7 Å². The van der Waals surface area contributed by atoms with E-state index in [4.69, 9.17) is 30.5 Å². The molecule has 2 atom stereocenters. The van der Waals surface area contributed by atoms with Crippen molar-refractivity contribution < 1.29 is 34.0 Å².